The van der Waals surface area contributed by atoms with Gasteiger partial charge in [-0.3, -0.25) is 4.90 Å². The molecular formula is C19H31N3O. The lowest BCUT2D eigenvalue weighted by molar-refractivity contribution is 0.135. The zero-order valence-electron chi connectivity index (χ0n) is 14.7. The number of pyridine rings is 1. The third-order valence-electron chi connectivity index (χ3n) is 5.19. The molecule has 0 amide bonds. The van der Waals surface area contributed by atoms with Gasteiger partial charge >= 0.3 is 0 Å². The van der Waals surface area contributed by atoms with Crippen molar-refractivity contribution in [1.29, 1.82) is 0 Å². The number of likely N-dealkylation sites (tertiary alicyclic amines) is 1. The minimum absolute atomic E-state index is 0.253. The van der Waals surface area contributed by atoms with Crippen LogP contribution in [0.1, 0.15) is 56.1 Å². The quantitative estimate of drug-likeness (QED) is 0.875. The maximum atomic E-state index is 6.39. The number of nitrogens with zero attached hydrogens (tertiary/aromatic N) is 2. The summed E-state index contributed by atoms with van der Waals surface area (Å²) in [6, 6.07) is 2.29. The van der Waals surface area contributed by atoms with E-state index >= 15 is 0 Å². The number of aryl methyl sites for hydroxylation is 1. The molecule has 0 aliphatic carbocycles. The van der Waals surface area contributed by atoms with E-state index in [-0.39, 0.29) is 6.10 Å². The smallest absolute Gasteiger partial charge is 0.217 e. The predicted molar refractivity (Wildman–Crippen MR) is 94.2 cm³/mol. The summed E-state index contributed by atoms with van der Waals surface area (Å²) >= 11 is 0. The van der Waals surface area contributed by atoms with Crippen molar-refractivity contribution in [2.45, 2.75) is 58.0 Å². The van der Waals surface area contributed by atoms with Gasteiger partial charge in [-0.2, -0.15) is 0 Å². The molecule has 1 atom stereocenters. The van der Waals surface area contributed by atoms with Crippen LogP contribution in [0.5, 0.6) is 5.88 Å². The van der Waals surface area contributed by atoms with E-state index in [9.17, 15) is 0 Å². The highest BCUT2D eigenvalue weighted by molar-refractivity contribution is 5.33. The molecule has 0 bridgehead atoms. The van der Waals surface area contributed by atoms with Crippen LogP contribution >= 0.6 is 0 Å². The second kappa shape index (κ2) is 8.11. The normalized spacial score (nSPS) is 21.5. The molecule has 2 fully saturated rings. The Labute approximate surface area is 140 Å². The fourth-order valence-electron chi connectivity index (χ4n) is 3.76. The number of hydrogen-bond donors (Lipinski definition) is 1. The first kappa shape index (κ1) is 16.7. The van der Waals surface area contributed by atoms with Crippen molar-refractivity contribution in [2.24, 2.45) is 0 Å². The topological polar surface area (TPSA) is 37.4 Å². The molecule has 1 aromatic rings. The highest BCUT2D eigenvalue weighted by atomic mass is 16.5. The number of aromatic nitrogens is 1. The van der Waals surface area contributed by atoms with Gasteiger partial charge in [-0.15, -0.1) is 0 Å². The van der Waals surface area contributed by atoms with Gasteiger partial charge in [-0.1, -0.05) is 6.92 Å². The summed E-state index contributed by atoms with van der Waals surface area (Å²) in [6.45, 7) is 10.0. The summed E-state index contributed by atoms with van der Waals surface area (Å²) in [5.41, 5.74) is 2.56. The maximum absolute atomic E-state index is 6.39. The van der Waals surface area contributed by atoms with Crippen molar-refractivity contribution in [3.05, 3.63) is 23.4 Å². The Bertz CT molecular complexity index is 493. The molecule has 23 heavy (non-hydrogen) atoms. The minimum atomic E-state index is 0.253. The van der Waals surface area contributed by atoms with E-state index in [0.717, 1.165) is 31.9 Å². The van der Waals surface area contributed by atoms with Crippen LogP contribution in [-0.2, 0) is 0 Å². The zero-order valence-corrected chi connectivity index (χ0v) is 14.7. The fraction of sp³-hybridized carbons (Fsp3) is 0.737. The summed E-state index contributed by atoms with van der Waals surface area (Å²) in [5.74, 6) is 1.47. The van der Waals surface area contributed by atoms with Gasteiger partial charge in [0.1, 0.15) is 6.10 Å². The van der Waals surface area contributed by atoms with Crippen molar-refractivity contribution in [3.8, 4) is 5.88 Å². The van der Waals surface area contributed by atoms with Gasteiger partial charge in [-0.25, -0.2) is 4.98 Å². The molecule has 0 unspecified atom stereocenters. The van der Waals surface area contributed by atoms with Crippen LogP contribution in [0.4, 0.5) is 0 Å². The largest absolute Gasteiger partial charge is 0.473 e. The Morgan fingerprint density at radius 2 is 2.04 bits per heavy atom. The Balaban J connectivity index is 1.72. The molecule has 0 spiro atoms. The molecule has 128 valence electrons. The van der Waals surface area contributed by atoms with Gasteiger partial charge < -0.3 is 10.1 Å². The molecule has 0 aromatic carbocycles. The van der Waals surface area contributed by atoms with Crippen molar-refractivity contribution in [3.63, 3.8) is 0 Å². The van der Waals surface area contributed by atoms with E-state index < -0.39 is 0 Å². The van der Waals surface area contributed by atoms with Crippen molar-refractivity contribution in [2.75, 3.05) is 32.7 Å². The summed E-state index contributed by atoms with van der Waals surface area (Å²) in [6.07, 6.45) is 8.28. The standard InChI is InChI=1S/C19H31N3O/c1-3-17(14-22-10-4-5-11-22)23-19-18(12-15(2)13-21-19)16-6-8-20-9-7-16/h12-13,16-17,20H,3-11,14H2,1-2H3/t17-/m0/s1. The van der Waals surface area contributed by atoms with Crippen LogP contribution in [0.15, 0.2) is 12.3 Å². The van der Waals surface area contributed by atoms with Crippen LogP contribution in [0.2, 0.25) is 0 Å². The van der Waals surface area contributed by atoms with Gasteiger partial charge in [0.25, 0.3) is 0 Å². The third kappa shape index (κ3) is 4.45. The lowest BCUT2D eigenvalue weighted by Crippen LogP contribution is -2.34. The first-order valence-electron chi connectivity index (χ1n) is 9.32. The third-order valence-corrected chi connectivity index (χ3v) is 5.19. The summed E-state index contributed by atoms with van der Waals surface area (Å²) in [4.78, 5) is 7.19. The van der Waals surface area contributed by atoms with E-state index in [1.165, 1.54) is 49.9 Å². The molecule has 4 heteroatoms. The number of piperidine rings is 1. The summed E-state index contributed by atoms with van der Waals surface area (Å²) in [7, 11) is 0. The molecule has 2 aliphatic heterocycles. The zero-order chi connectivity index (χ0) is 16.1. The fourth-order valence-corrected chi connectivity index (χ4v) is 3.76. The minimum Gasteiger partial charge on any atom is -0.473 e. The van der Waals surface area contributed by atoms with E-state index in [1.54, 1.807) is 0 Å². The molecule has 1 N–H and O–H groups in total. The number of nitrogens with one attached hydrogen (secondary N) is 1. The first-order valence-corrected chi connectivity index (χ1v) is 9.32. The molecule has 2 aliphatic rings. The van der Waals surface area contributed by atoms with Crippen LogP contribution in [0.3, 0.4) is 0 Å². The molecule has 3 heterocycles. The average Bonchev–Trinajstić information content (AvgIpc) is 3.09. The van der Waals surface area contributed by atoms with Crippen LogP contribution in [0.25, 0.3) is 0 Å². The monoisotopic (exact) mass is 317 g/mol. The number of hydrogen-bond acceptors (Lipinski definition) is 4. The van der Waals surface area contributed by atoms with E-state index in [4.69, 9.17) is 4.74 Å². The number of rotatable bonds is 6. The van der Waals surface area contributed by atoms with Crippen LogP contribution in [0, 0.1) is 6.92 Å². The second-order valence-electron chi connectivity index (χ2n) is 7.09. The van der Waals surface area contributed by atoms with Gasteiger partial charge in [0.15, 0.2) is 0 Å². The molecule has 3 rings (SSSR count). The van der Waals surface area contributed by atoms with Crippen molar-refractivity contribution >= 4 is 0 Å². The van der Waals surface area contributed by atoms with Gasteiger partial charge in [0, 0.05) is 18.3 Å². The first-order chi connectivity index (χ1) is 11.3. The molecule has 4 nitrogen and oxygen atoms in total. The Morgan fingerprint density at radius 1 is 1.30 bits per heavy atom. The average molecular weight is 317 g/mol. The summed E-state index contributed by atoms with van der Waals surface area (Å²) < 4.78 is 6.39. The maximum Gasteiger partial charge on any atom is 0.217 e. The Kier molecular flexibility index (Phi) is 5.90. The predicted octanol–water partition coefficient (Wildman–Crippen LogP) is 3.11. The van der Waals surface area contributed by atoms with Gasteiger partial charge in [0.2, 0.25) is 5.88 Å². The number of ether oxygens (including phenoxy) is 1. The molecule has 2 saturated heterocycles. The second-order valence-corrected chi connectivity index (χ2v) is 7.09. The van der Waals surface area contributed by atoms with E-state index in [2.05, 4.69) is 35.1 Å². The molecular weight excluding hydrogens is 286 g/mol. The highest BCUT2D eigenvalue weighted by Crippen LogP contribution is 2.32. The van der Waals surface area contributed by atoms with E-state index in [1.807, 2.05) is 6.20 Å². The highest BCUT2D eigenvalue weighted by Gasteiger charge is 2.23. The lowest BCUT2D eigenvalue weighted by atomic mass is 9.90. The van der Waals surface area contributed by atoms with E-state index in [0.29, 0.717) is 5.92 Å². The Hall–Kier alpha value is -1.13. The lowest BCUT2D eigenvalue weighted by Gasteiger charge is -2.27. The molecule has 1 aromatic heterocycles. The summed E-state index contributed by atoms with van der Waals surface area (Å²) in [5, 5.41) is 3.45. The SMILES string of the molecule is CC[C@@H](CN1CCCC1)Oc1ncc(C)cc1C1CCNCC1. The van der Waals surface area contributed by atoms with Crippen LogP contribution in [-0.4, -0.2) is 48.7 Å². The van der Waals surface area contributed by atoms with Gasteiger partial charge in [0.05, 0.1) is 0 Å². The van der Waals surface area contributed by atoms with Crippen LogP contribution < -0.4 is 10.1 Å². The molecule has 0 radical (unpaired) electrons. The van der Waals surface area contributed by atoms with Crippen molar-refractivity contribution < 1.29 is 4.74 Å². The van der Waals surface area contributed by atoms with Crippen molar-refractivity contribution in [1.82, 2.24) is 15.2 Å². The van der Waals surface area contributed by atoms with Gasteiger partial charge in [-0.05, 0) is 82.8 Å². The Morgan fingerprint density at radius 3 is 2.74 bits per heavy atom. The molecule has 0 saturated carbocycles.